The van der Waals surface area contributed by atoms with Crippen LogP contribution in [0, 0.1) is 0 Å². The first-order chi connectivity index (χ1) is 7.45. The van der Waals surface area contributed by atoms with E-state index >= 15 is 0 Å². The highest BCUT2D eigenvalue weighted by atomic mass is 16.5. The minimum Gasteiger partial charge on any atom is -0.459 e. The lowest BCUT2D eigenvalue weighted by Gasteiger charge is -2.22. The lowest BCUT2D eigenvalue weighted by Crippen LogP contribution is -2.48. The van der Waals surface area contributed by atoms with Crippen molar-refractivity contribution in [2.45, 2.75) is 24.4 Å². The lowest BCUT2D eigenvalue weighted by atomic mass is 10.0. The van der Waals surface area contributed by atoms with Gasteiger partial charge in [0.15, 0.2) is 12.4 Å². The molecule has 0 unspecified atom stereocenters. The summed E-state index contributed by atoms with van der Waals surface area (Å²) in [4.78, 5) is 21.1. The molecule has 4 N–H and O–H groups in total. The van der Waals surface area contributed by atoms with Gasteiger partial charge in [-0.1, -0.05) is 12.7 Å². The second-order valence-corrected chi connectivity index (χ2v) is 2.97. The number of carbonyl (C=O) groups is 2. The standard InChI is InChI=1S/C9H14O7/c1-2-3-16-9(15)8(14)7(13)6(12)5(11)4-10/h2,4-8,11-14H,1,3H2/t5-,6+,7+,8-/m0/s1. The van der Waals surface area contributed by atoms with Gasteiger partial charge in [-0.2, -0.15) is 0 Å². The molecule has 0 saturated carbocycles. The third-order valence-electron chi connectivity index (χ3n) is 1.75. The van der Waals surface area contributed by atoms with Gasteiger partial charge < -0.3 is 30.0 Å². The van der Waals surface area contributed by atoms with Crippen molar-refractivity contribution in [1.29, 1.82) is 0 Å². The fourth-order valence-electron chi connectivity index (χ4n) is 0.835. The molecule has 0 aromatic carbocycles. The van der Waals surface area contributed by atoms with Gasteiger partial charge in [-0.05, 0) is 0 Å². The van der Waals surface area contributed by atoms with Crippen LogP contribution in [0.15, 0.2) is 12.7 Å². The molecule has 4 atom stereocenters. The number of aliphatic hydroxyl groups excluding tert-OH is 4. The highest BCUT2D eigenvalue weighted by Crippen LogP contribution is 2.05. The van der Waals surface area contributed by atoms with Gasteiger partial charge in [0.1, 0.15) is 24.9 Å². The Labute approximate surface area is 91.6 Å². The van der Waals surface area contributed by atoms with Crippen LogP contribution in [-0.4, -0.2) is 63.7 Å². The second-order valence-electron chi connectivity index (χ2n) is 2.97. The summed E-state index contributed by atoms with van der Waals surface area (Å²) < 4.78 is 4.39. The molecule has 0 aliphatic rings. The van der Waals surface area contributed by atoms with E-state index in [0.717, 1.165) is 0 Å². The van der Waals surface area contributed by atoms with E-state index in [-0.39, 0.29) is 12.9 Å². The monoisotopic (exact) mass is 234 g/mol. The molecule has 7 nitrogen and oxygen atoms in total. The Hall–Kier alpha value is -1.28. The van der Waals surface area contributed by atoms with E-state index in [4.69, 9.17) is 10.2 Å². The van der Waals surface area contributed by atoms with Crippen molar-refractivity contribution in [3.63, 3.8) is 0 Å². The van der Waals surface area contributed by atoms with Crippen LogP contribution in [-0.2, 0) is 14.3 Å². The van der Waals surface area contributed by atoms with E-state index in [9.17, 15) is 19.8 Å². The van der Waals surface area contributed by atoms with Gasteiger partial charge >= 0.3 is 5.97 Å². The number of ether oxygens (including phenoxy) is 1. The third-order valence-corrected chi connectivity index (χ3v) is 1.75. The van der Waals surface area contributed by atoms with Crippen LogP contribution in [0.5, 0.6) is 0 Å². The largest absolute Gasteiger partial charge is 0.459 e. The molecule has 0 spiro atoms. The highest BCUT2D eigenvalue weighted by Gasteiger charge is 2.35. The van der Waals surface area contributed by atoms with Crippen molar-refractivity contribution in [3.8, 4) is 0 Å². The first kappa shape index (κ1) is 14.7. The molecule has 0 aliphatic heterocycles. The zero-order valence-corrected chi connectivity index (χ0v) is 8.39. The Balaban J connectivity index is 4.35. The minimum absolute atomic E-state index is 0.0321. The van der Waals surface area contributed by atoms with Gasteiger partial charge in [0.2, 0.25) is 0 Å². The number of hydrogen-bond acceptors (Lipinski definition) is 7. The van der Waals surface area contributed by atoms with Gasteiger partial charge in [0, 0.05) is 0 Å². The molecule has 92 valence electrons. The normalized spacial score (nSPS) is 18.0. The van der Waals surface area contributed by atoms with Crippen LogP contribution in [0.3, 0.4) is 0 Å². The average Bonchev–Trinajstić information content (AvgIpc) is 2.31. The maximum Gasteiger partial charge on any atom is 0.338 e. The summed E-state index contributed by atoms with van der Waals surface area (Å²) in [5.41, 5.74) is 0. The Kier molecular flexibility index (Phi) is 6.50. The number of carbonyl (C=O) groups excluding carboxylic acids is 2. The zero-order chi connectivity index (χ0) is 12.7. The van der Waals surface area contributed by atoms with Crippen LogP contribution < -0.4 is 0 Å². The Morgan fingerprint density at radius 2 is 1.81 bits per heavy atom. The van der Waals surface area contributed by atoms with E-state index < -0.39 is 30.4 Å². The molecule has 0 aromatic heterocycles. The third kappa shape index (κ3) is 4.07. The van der Waals surface area contributed by atoms with Crippen LogP contribution in [0.2, 0.25) is 0 Å². The molecule has 0 aromatic rings. The van der Waals surface area contributed by atoms with Crippen molar-refractivity contribution in [3.05, 3.63) is 12.7 Å². The Morgan fingerprint density at radius 1 is 1.25 bits per heavy atom. The summed E-state index contributed by atoms with van der Waals surface area (Å²) in [6.07, 6.45) is -6.72. The van der Waals surface area contributed by atoms with Crippen molar-refractivity contribution < 1.29 is 34.8 Å². The van der Waals surface area contributed by atoms with Gasteiger partial charge in [-0.25, -0.2) is 4.79 Å². The topological polar surface area (TPSA) is 124 Å². The number of aliphatic hydroxyl groups is 4. The molecular weight excluding hydrogens is 220 g/mol. The van der Waals surface area contributed by atoms with Gasteiger partial charge in [0.05, 0.1) is 0 Å². The summed E-state index contributed by atoms with van der Waals surface area (Å²) in [7, 11) is 0. The summed E-state index contributed by atoms with van der Waals surface area (Å²) in [5.74, 6) is -1.19. The first-order valence-corrected chi connectivity index (χ1v) is 4.40. The van der Waals surface area contributed by atoms with E-state index in [1.807, 2.05) is 0 Å². The predicted octanol–water partition coefficient (Wildman–Crippen LogP) is -2.64. The molecule has 0 aliphatic carbocycles. The molecule has 0 rings (SSSR count). The van der Waals surface area contributed by atoms with E-state index in [1.165, 1.54) is 6.08 Å². The van der Waals surface area contributed by atoms with Crippen LogP contribution in [0.4, 0.5) is 0 Å². The summed E-state index contributed by atoms with van der Waals surface area (Å²) in [5, 5.41) is 36.4. The van der Waals surface area contributed by atoms with Gasteiger partial charge in [-0.15, -0.1) is 0 Å². The van der Waals surface area contributed by atoms with E-state index in [1.54, 1.807) is 0 Å². The first-order valence-electron chi connectivity index (χ1n) is 4.40. The minimum atomic E-state index is -2.05. The predicted molar refractivity (Wildman–Crippen MR) is 51.2 cm³/mol. The summed E-state index contributed by atoms with van der Waals surface area (Å²) in [6, 6.07) is 0. The van der Waals surface area contributed by atoms with Crippen LogP contribution in [0.1, 0.15) is 0 Å². The maximum absolute atomic E-state index is 11.0. The number of esters is 1. The van der Waals surface area contributed by atoms with Crippen LogP contribution in [0.25, 0.3) is 0 Å². The SMILES string of the molecule is C=CCOC(=O)[C@@H](O)[C@H](O)[C@H](O)[C@@H](O)C=O. The van der Waals surface area contributed by atoms with Gasteiger partial charge in [-0.3, -0.25) is 0 Å². The summed E-state index contributed by atoms with van der Waals surface area (Å²) >= 11 is 0. The second kappa shape index (κ2) is 7.07. The fourth-order valence-corrected chi connectivity index (χ4v) is 0.835. The molecule has 0 saturated heterocycles. The van der Waals surface area contributed by atoms with E-state index in [0.29, 0.717) is 0 Å². The summed E-state index contributed by atoms with van der Waals surface area (Å²) in [6.45, 7) is 3.08. The smallest absolute Gasteiger partial charge is 0.338 e. The zero-order valence-electron chi connectivity index (χ0n) is 8.39. The van der Waals surface area contributed by atoms with Crippen molar-refractivity contribution in [2.75, 3.05) is 6.61 Å². The highest BCUT2D eigenvalue weighted by molar-refractivity contribution is 5.75. The molecule has 7 heteroatoms. The molecule has 16 heavy (non-hydrogen) atoms. The lowest BCUT2D eigenvalue weighted by molar-refractivity contribution is -0.168. The number of aldehydes is 1. The Bertz CT molecular complexity index is 252. The molecular formula is C9H14O7. The molecule has 0 bridgehead atoms. The molecule has 0 fully saturated rings. The molecule has 0 amide bonds. The number of rotatable bonds is 7. The number of hydrogen-bond donors (Lipinski definition) is 4. The van der Waals surface area contributed by atoms with Gasteiger partial charge in [0.25, 0.3) is 0 Å². The Morgan fingerprint density at radius 3 is 2.25 bits per heavy atom. The fraction of sp³-hybridized carbons (Fsp3) is 0.556. The van der Waals surface area contributed by atoms with Crippen molar-refractivity contribution in [1.82, 2.24) is 0 Å². The molecule has 0 radical (unpaired) electrons. The quantitative estimate of drug-likeness (QED) is 0.215. The molecule has 0 heterocycles. The maximum atomic E-state index is 11.0. The van der Waals surface area contributed by atoms with Crippen molar-refractivity contribution in [2.24, 2.45) is 0 Å². The average molecular weight is 234 g/mol. The van der Waals surface area contributed by atoms with Crippen molar-refractivity contribution >= 4 is 12.3 Å². The van der Waals surface area contributed by atoms with Crippen LogP contribution >= 0.6 is 0 Å². The van der Waals surface area contributed by atoms with E-state index in [2.05, 4.69) is 11.3 Å².